The van der Waals surface area contributed by atoms with Gasteiger partial charge in [-0.2, -0.15) is 9.32 Å². The van der Waals surface area contributed by atoms with Crippen LogP contribution in [0.2, 0.25) is 10.6 Å². The number of ether oxygens (including phenoxy) is 1. The van der Waals surface area contributed by atoms with Gasteiger partial charge < -0.3 is 19.1 Å². The minimum Gasteiger partial charge on any atom is -0.744 e. The number of aromatic nitrogens is 3. The SMILES string of the molecule is O=S(=O)([O-])c1cc(OCCc2nc(Cl)nc(Cl)n2)c2ccc3c(SOO[O-])cc(S(=O)(=O)[O-])c4ccc1c2c34.[Na+].[Na+].[Na+]. The average molecular weight is 700 g/mol. The Morgan fingerprint density at radius 3 is 1.81 bits per heavy atom. The zero-order chi connectivity index (χ0) is 28.1. The fourth-order valence-corrected chi connectivity index (χ4v) is 6.64. The summed E-state index contributed by atoms with van der Waals surface area (Å²) in [5.74, 6) is 0.142. The van der Waals surface area contributed by atoms with Gasteiger partial charge in [0.05, 0.1) is 28.4 Å². The first-order valence-corrected chi connectivity index (χ1v) is 14.7. The maximum absolute atomic E-state index is 12.2. The topological polar surface area (TPSA) is 204 Å². The fraction of sp³-hybridized carbons (Fsp3) is 0.0952. The van der Waals surface area contributed by atoms with Crippen molar-refractivity contribution in [2.24, 2.45) is 0 Å². The number of hydrogen-bond donors (Lipinski definition) is 0. The van der Waals surface area contributed by atoms with Gasteiger partial charge in [0.2, 0.25) is 10.6 Å². The van der Waals surface area contributed by atoms with Crippen LogP contribution in [0, 0.1) is 0 Å². The standard InChI is InChI=1S/C21H13Cl2N3O10S3.3Na/c22-20-24-17(25-21(23)26-20)5-6-34-13-7-15(38(28,29)30)11-3-4-12-16(39(31,32)33)8-14(37-36-35-27)10-2-1-9(13)18(11)19(10)12;;;/h1-4,7-8,27H,5-6H2,(H,28,29,30)(H,31,32,33);;;/q;3*+1/p-3. The average Bonchev–Trinajstić information content (AvgIpc) is 2.84. The molecule has 0 unspecified atom stereocenters. The molecule has 4 aromatic carbocycles. The molecule has 0 saturated carbocycles. The molecular weight excluding hydrogens is 690 g/mol. The maximum atomic E-state index is 12.2. The molecule has 42 heavy (non-hydrogen) atoms. The second kappa shape index (κ2) is 15.3. The predicted octanol–water partition coefficient (Wildman–Crippen LogP) is -6.25. The van der Waals surface area contributed by atoms with Crippen LogP contribution in [0.5, 0.6) is 5.75 Å². The molecule has 0 spiro atoms. The summed E-state index contributed by atoms with van der Waals surface area (Å²) in [6.07, 6.45) is 0.0648. The Morgan fingerprint density at radius 1 is 0.762 bits per heavy atom. The Hall–Kier alpha value is 0.360. The molecule has 0 radical (unpaired) electrons. The zero-order valence-electron chi connectivity index (χ0n) is 21.8. The van der Waals surface area contributed by atoms with Crippen molar-refractivity contribution in [3.63, 3.8) is 0 Å². The summed E-state index contributed by atoms with van der Waals surface area (Å²) < 4.78 is 83.3. The third-order valence-corrected chi connectivity index (χ3v) is 8.38. The van der Waals surface area contributed by atoms with Crippen LogP contribution in [0.4, 0.5) is 0 Å². The summed E-state index contributed by atoms with van der Waals surface area (Å²) in [4.78, 5) is 10.2. The van der Waals surface area contributed by atoms with E-state index in [1.807, 2.05) is 0 Å². The van der Waals surface area contributed by atoms with Gasteiger partial charge in [0, 0.05) is 32.9 Å². The Labute approximate surface area is 318 Å². The molecule has 0 aliphatic rings. The van der Waals surface area contributed by atoms with Gasteiger partial charge in [0.1, 0.15) is 31.8 Å². The van der Waals surface area contributed by atoms with Crippen molar-refractivity contribution in [3.8, 4) is 5.75 Å². The number of halogens is 2. The molecule has 0 amide bonds. The Kier molecular flexibility index (Phi) is 14.0. The van der Waals surface area contributed by atoms with Crippen LogP contribution in [0.15, 0.2) is 51.1 Å². The molecule has 0 bridgehead atoms. The van der Waals surface area contributed by atoms with Crippen molar-refractivity contribution < 1.29 is 134 Å². The summed E-state index contributed by atoms with van der Waals surface area (Å²) >= 11 is 11.9. The number of hydrogen-bond acceptors (Lipinski definition) is 14. The first-order chi connectivity index (χ1) is 18.4. The minimum absolute atomic E-state index is 0. The fourth-order valence-electron chi connectivity index (χ4n) is 4.25. The van der Waals surface area contributed by atoms with Gasteiger partial charge in [-0.25, -0.2) is 26.8 Å². The van der Waals surface area contributed by atoms with Crippen molar-refractivity contribution in [2.75, 3.05) is 6.61 Å². The quantitative estimate of drug-likeness (QED) is 0.0351. The minimum atomic E-state index is -5.07. The normalized spacial score (nSPS) is 11.7. The van der Waals surface area contributed by atoms with Crippen LogP contribution < -0.4 is 98.7 Å². The second-order valence-electron chi connectivity index (χ2n) is 7.83. The van der Waals surface area contributed by atoms with Crippen LogP contribution in [0.25, 0.3) is 32.3 Å². The zero-order valence-corrected chi connectivity index (χ0v) is 31.7. The van der Waals surface area contributed by atoms with Crippen molar-refractivity contribution in [1.29, 1.82) is 0 Å². The van der Waals surface area contributed by atoms with Crippen molar-refractivity contribution >= 4 is 87.8 Å². The van der Waals surface area contributed by atoms with Gasteiger partial charge in [-0.3, -0.25) is 5.04 Å². The van der Waals surface area contributed by atoms with E-state index in [1.54, 1.807) is 0 Å². The molecule has 13 nitrogen and oxygen atoms in total. The summed E-state index contributed by atoms with van der Waals surface area (Å²) in [5.41, 5.74) is 0. The molecule has 1 heterocycles. The summed E-state index contributed by atoms with van der Waals surface area (Å²) in [6, 6.07) is 7.55. The Balaban J connectivity index is 0.00000205. The van der Waals surface area contributed by atoms with Gasteiger partial charge in [0.15, 0.2) is 0 Å². The van der Waals surface area contributed by atoms with Crippen molar-refractivity contribution in [3.05, 3.63) is 52.8 Å². The number of rotatable bonds is 9. The summed E-state index contributed by atoms with van der Waals surface area (Å²) in [6.45, 7) is -0.116. The monoisotopic (exact) mass is 699 g/mol. The Bertz CT molecular complexity index is 1970. The molecule has 1 aromatic heterocycles. The van der Waals surface area contributed by atoms with Crippen molar-refractivity contribution in [2.45, 2.75) is 21.1 Å². The second-order valence-corrected chi connectivity index (χ2v) is 11.9. The van der Waals surface area contributed by atoms with Gasteiger partial charge in [-0.1, -0.05) is 18.2 Å². The molecule has 5 rings (SSSR count). The first kappa shape index (κ1) is 38.5. The molecule has 0 aliphatic carbocycles. The van der Waals surface area contributed by atoms with Crippen LogP contribution in [0.1, 0.15) is 5.82 Å². The van der Waals surface area contributed by atoms with Gasteiger partial charge in [-0.15, -0.1) is 0 Å². The summed E-state index contributed by atoms with van der Waals surface area (Å²) in [5, 5.41) is 14.2. The van der Waals surface area contributed by atoms with E-state index in [-0.39, 0.29) is 156 Å². The van der Waals surface area contributed by atoms with Gasteiger partial charge in [-0.05, 0) is 52.2 Å². The van der Waals surface area contributed by atoms with Crippen LogP contribution in [-0.2, 0) is 36.0 Å². The van der Waals surface area contributed by atoms with Crippen LogP contribution in [0.3, 0.4) is 0 Å². The van der Waals surface area contributed by atoms with E-state index in [0.717, 1.165) is 12.1 Å². The first-order valence-electron chi connectivity index (χ1n) is 10.4. The third-order valence-electron chi connectivity index (χ3n) is 5.65. The number of nitrogens with zero attached hydrogens (tertiary/aromatic N) is 3. The molecule has 21 heteroatoms. The molecular formula is C21H10Cl2N3Na3O10S3. The molecule has 0 N–H and O–H groups in total. The van der Waals surface area contributed by atoms with E-state index in [1.165, 1.54) is 24.3 Å². The molecule has 0 saturated heterocycles. The molecule has 0 atom stereocenters. The third kappa shape index (κ3) is 8.01. The van der Waals surface area contributed by atoms with Gasteiger partial charge in [0.25, 0.3) is 0 Å². The smallest absolute Gasteiger partial charge is 0.744 e. The summed E-state index contributed by atoms with van der Waals surface area (Å²) in [7, 11) is -10.1. The largest absolute Gasteiger partial charge is 1.00 e. The molecule has 5 aromatic rings. The predicted molar refractivity (Wildman–Crippen MR) is 133 cm³/mol. The Morgan fingerprint density at radius 2 is 1.26 bits per heavy atom. The van der Waals surface area contributed by atoms with E-state index in [2.05, 4.69) is 24.3 Å². The molecule has 0 fully saturated rings. The molecule has 0 aliphatic heterocycles. The number of benzene rings is 4. The van der Waals surface area contributed by atoms with E-state index in [9.17, 15) is 31.2 Å². The van der Waals surface area contributed by atoms with Crippen LogP contribution >= 0.6 is 35.2 Å². The van der Waals surface area contributed by atoms with E-state index >= 15 is 0 Å². The van der Waals surface area contributed by atoms with Crippen LogP contribution in [-0.4, -0.2) is 47.5 Å². The van der Waals surface area contributed by atoms with E-state index < -0.39 is 30.0 Å². The van der Waals surface area contributed by atoms with E-state index in [0.29, 0.717) is 17.4 Å². The molecule has 204 valence electrons. The van der Waals surface area contributed by atoms with E-state index in [4.69, 9.17) is 27.9 Å². The maximum Gasteiger partial charge on any atom is 1.00 e. The van der Waals surface area contributed by atoms with Crippen molar-refractivity contribution in [1.82, 2.24) is 15.0 Å². The van der Waals surface area contributed by atoms with Gasteiger partial charge >= 0.3 is 88.7 Å².